The third kappa shape index (κ3) is 5.02. The van der Waals surface area contributed by atoms with E-state index in [0.29, 0.717) is 0 Å². The Morgan fingerprint density at radius 3 is 1.43 bits per heavy atom. The van der Waals surface area contributed by atoms with Crippen LogP contribution in [0.2, 0.25) is 0 Å². The van der Waals surface area contributed by atoms with Crippen LogP contribution < -0.4 is 16.4 Å². The van der Waals surface area contributed by atoms with Crippen molar-refractivity contribution in [3.8, 4) is 0 Å². The third-order valence-electron chi connectivity index (χ3n) is 4.61. The fraction of sp³-hybridized carbons (Fsp3) is 0.0400. The van der Waals surface area contributed by atoms with E-state index in [2.05, 4.69) is 20.6 Å². The molecule has 0 atom stereocenters. The second kappa shape index (κ2) is 8.92. The summed E-state index contributed by atoms with van der Waals surface area (Å²) in [4.78, 5) is 8.78. The lowest BCUT2D eigenvalue weighted by atomic mass is 10.1. The van der Waals surface area contributed by atoms with Crippen molar-refractivity contribution in [2.75, 3.05) is 23.4 Å². The second-order valence-corrected chi connectivity index (χ2v) is 6.85. The molecule has 4 N–H and O–H groups in total. The molecule has 3 aromatic rings. The topological polar surface area (TPSA) is 74.8 Å². The lowest BCUT2D eigenvalue weighted by Crippen LogP contribution is -1.99. The van der Waals surface area contributed by atoms with Gasteiger partial charge in [-0.05, 0) is 97.1 Å². The molecular formula is C25H23N5. The van der Waals surface area contributed by atoms with E-state index < -0.39 is 0 Å². The smallest absolute Gasteiger partial charge is 0.0638 e. The molecule has 1 aliphatic carbocycles. The summed E-state index contributed by atoms with van der Waals surface area (Å²) in [7, 11) is 1.78. The van der Waals surface area contributed by atoms with E-state index in [1.165, 1.54) is 0 Å². The number of benzene rings is 3. The van der Waals surface area contributed by atoms with Gasteiger partial charge in [0.15, 0.2) is 0 Å². The Bertz CT molecular complexity index is 1100. The zero-order chi connectivity index (χ0) is 20.8. The number of allylic oxidation sites excluding steroid dienone is 4. The normalized spacial score (nSPS) is 12.6. The molecule has 0 fully saturated rings. The van der Waals surface area contributed by atoms with E-state index in [9.17, 15) is 0 Å². The summed E-state index contributed by atoms with van der Waals surface area (Å²) in [6.07, 6.45) is 7.85. The molecule has 4 rings (SSSR count). The van der Waals surface area contributed by atoms with Gasteiger partial charge in [-0.3, -0.25) is 4.99 Å². The summed E-state index contributed by atoms with van der Waals surface area (Å²) < 4.78 is 0. The van der Waals surface area contributed by atoms with Gasteiger partial charge in [0.2, 0.25) is 0 Å². The van der Waals surface area contributed by atoms with Crippen molar-refractivity contribution in [1.82, 2.24) is 0 Å². The molecule has 0 saturated carbocycles. The Labute approximate surface area is 176 Å². The molecule has 0 heterocycles. The van der Waals surface area contributed by atoms with Crippen LogP contribution in [0.3, 0.4) is 0 Å². The Hall–Kier alpha value is -4.12. The summed E-state index contributed by atoms with van der Waals surface area (Å²) in [5.41, 5.74) is 13.3. The van der Waals surface area contributed by atoms with Crippen LogP contribution in [0.25, 0.3) is 0 Å². The van der Waals surface area contributed by atoms with E-state index in [1.807, 2.05) is 97.1 Å². The highest BCUT2D eigenvalue weighted by molar-refractivity contribution is 6.18. The van der Waals surface area contributed by atoms with Gasteiger partial charge >= 0.3 is 0 Å². The lowest BCUT2D eigenvalue weighted by Gasteiger charge is -2.10. The molecule has 0 radical (unpaired) electrons. The SMILES string of the molecule is CN=C1C=CC(=Nc2ccc(Nc3ccc(Nc4ccc(N)cc4)cc3)cc2)C=C1. The fourth-order valence-electron chi connectivity index (χ4n) is 2.98. The van der Waals surface area contributed by atoms with Crippen LogP contribution in [0, 0.1) is 0 Å². The molecule has 1 aliphatic rings. The first-order valence-corrected chi connectivity index (χ1v) is 9.69. The zero-order valence-corrected chi connectivity index (χ0v) is 16.7. The molecule has 5 heteroatoms. The minimum absolute atomic E-state index is 0.754. The van der Waals surface area contributed by atoms with Crippen LogP contribution in [-0.4, -0.2) is 18.5 Å². The molecule has 5 nitrogen and oxygen atoms in total. The van der Waals surface area contributed by atoms with Crippen LogP contribution in [0.4, 0.5) is 34.1 Å². The predicted octanol–water partition coefficient (Wildman–Crippen LogP) is 6.03. The van der Waals surface area contributed by atoms with Gasteiger partial charge in [0, 0.05) is 35.5 Å². The third-order valence-corrected chi connectivity index (χ3v) is 4.61. The molecule has 0 saturated heterocycles. The standard InChI is InChI=1S/C25H23N5/c1-27-19-6-8-21(9-7-19)29-23-14-16-25(17-15-23)30-24-12-10-22(11-13-24)28-20-4-2-18(26)3-5-20/h2-17,28,30H,26H2,1H3. The number of nitrogens with two attached hydrogens (primary N) is 1. The molecule has 3 aromatic carbocycles. The van der Waals surface area contributed by atoms with Crippen molar-refractivity contribution < 1.29 is 0 Å². The van der Waals surface area contributed by atoms with E-state index in [-0.39, 0.29) is 0 Å². The first-order valence-electron chi connectivity index (χ1n) is 9.69. The summed E-state index contributed by atoms with van der Waals surface area (Å²) in [6, 6.07) is 23.9. The van der Waals surface area contributed by atoms with E-state index >= 15 is 0 Å². The largest absolute Gasteiger partial charge is 0.399 e. The van der Waals surface area contributed by atoms with Crippen molar-refractivity contribution in [2.45, 2.75) is 0 Å². The van der Waals surface area contributed by atoms with Crippen molar-refractivity contribution >= 4 is 45.5 Å². The van der Waals surface area contributed by atoms with E-state index in [0.717, 1.165) is 45.5 Å². The zero-order valence-electron chi connectivity index (χ0n) is 16.7. The average molecular weight is 393 g/mol. The quantitative estimate of drug-likeness (QED) is 0.366. The van der Waals surface area contributed by atoms with Gasteiger partial charge < -0.3 is 16.4 Å². The Morgan fingerprint density at radius 2 is 0.967 bits per heavy atom. The number of rotatable bonds is 5. The Morgan fingerprint density at radius 1 is 0.567 bits per heavy atom. The predicted molar refractivity (Wildman–Crippen MR) is 129 cm³/mol. The van der Waals surface area contributed by atoms with Gasteiger partial charge in [0.1, 0.15) is 0 Å². The molecule has 0 spiro atoms. The summed E-state index contributed by atoms with van der Waals surface area (Å²) >= 11 is 0. The van der Waals surface area contributed by atoms with Crippen molar-refractivity contribution in [3.05, 3.63) is 97.1 Å². The number of anilines is 5. The summed E-state index contributed by atoms with van der Waals surface area (Å²) in [5.74, 6) is 0. The van der Waals surface area contributed by atoms with Gasteiger partial charge in [-0.1, -0.05) is 0 Å². The highest BCUT2D eigenvalue weighted by atomic mass is 14.9. The average Bonchev–Trinajstić information content (AvgIpc) is 2.78. The minimum Gasteiger partial charge on any atom is -0.399 e. The molecular weight excluding hydrogens is 370 g/mol. The van der Waals surface area contributed by atoms with Gasteiger partial charge in [-0.15, -0.1) is 0 Å². The highest BCUT2D eigenvalue weighted by Crippen LogP contribution is 2.24. The second-order valence-electron chi connectivity index (χ2n) is 6.85. The summed E-state index contributed by atoms with van der Waals surface area (Å²) in [5, 5.41) is 6.77. The van der Waals surface area contributed by atoms with Gasteiger partial charge in [0.25, 0.3) is 0 Å². The first kappa shape index (κ1) is 19.2. The molecule has 0 aromatic heterocycles. The molecule has 148 valence electrons. The van der Waals surface area contributed by atoms with Crippen molar-refractivity contribution in [2.24, 2.45) is 9.98 Å². The van der Waals surface area contributed by atoms with Crippen LogP contribution in [0.5, 0.6) is 0 Å². The monoisotopic (exact) mass is 393 g/mol. The first-order chi connectivity index (χ1) is 14.7. The maximum absolute atomic E-state index is 5.73. The summed E-state index contributed by atoms with van der Waals surface area (Å²) in [6.45, 7) is 0. The molecule has 0 amide bonds. The van der Waals surface area contributed by atoms with Crippen LogP contribution >= 0.6 is 0 Å². The van der Waals surface area contributed by atoms with E-state index in [1.54, 1.807) is 7.05 Å². The van der Waals surface area contributed by atoms with Crippen molar-refractivity contribution in [1.29, 1.82) is 0 Å². The molecule has 30 heavy (non-hydrogen) atoms. The Balaban J connectivity index is 1.37. The molecule has 0 bridgehead atoms. The number of nitrogens with zero attached hydrogens (tertiary/aromatic N) is 2. The van der Waals surface area contributed by atoms with Gasteiger partial charge in [-0.25, -0.2) is 4.99 Å². The highest BCUT2D eigenvalue weighted by Gasteiger charge is 2.00. The Kier molecular flexibility index (Phi) is 5.71. The van der Waals surface area contributed by atoms with Gasteiger partial charge in [0.05, 0.1) is 17.1 Å². The molecule has 0 unspecified atom stereocenters. The van der Waals surface area contributed by atoms with Crippen LogP contribution in [-0.2, 0) is 0 Å². The van der Waals surface area contributed by atoms with E-state index in [4.69, 9.17) is 5.73 Å². The fourth-order valence-corrected chi connectivity index (χ4v) is 2.98. The lowest BCUT2D eigenvalue weighted by molar-refractivity contribution is 1.45. The maximum Gasteiger partial charge on any atom is 0.0638 e. The van der Waals surface area contributed by atoms with Crippen molar-refractivity contribution in [3.63, 3.8) is 0 Å². The van der Waals surface area contributed by atoms with Crippen LogP contribution in [0.15, 0.2) is 107 Å². The van der Waals surface area contributed by atoms with Gasteiger partial charge in [-0.2, -0.15) is 0 Å². The number of nitrogens with one attached hydrogen (secondary N) is 2. The number of hydrogen-bond donors (Lipinski definition) is 3. The van der Waals surface area contributed by atoms with Crippen LogP contribution in [0.1, 0.15) is 0 Å². The molecule has 0 aliphatic heterocycles. The number of nitrogen functional groups attached to an aromatic ring is 1. The number of aliphatic imine (C=N–C) groups is 2. The maximum atomic E-state index is 5.73. The number of hydrogen-bond acceptors (Lipinski definition) is 5. The minimum atomic E-state index is 0.754.